The molecule has 0 amide bonds. The van der Waals surface area contributed by atoms with Crippen LogP contribution in [-0.4, -0.2) is 27.5 Å². The van der Waals surface area contributed by atoms with Gasteiger partial charge in [0.1, 0.15) is 0 Å². The van der Waals surface area contributed by atoms with Gasteiger partial charge >= 0.3 is 6.18 Å². The Bertz CT molecular complexity index is 567. The minimum absolute atomic E-state index is 0.0731. The van der Waals surface area contributed by atoms with E-state index in [1.165, 1.54) is 12.1 Å². The molecule has 0 aliphatic heterocycles. The Labute approximate surface area is 126 Å². The molecular formula is C15H18F3N3O. The topological polar surface area (TPSA) is 50.1 Å². The van der Waals surface area contributed by atoms with Crippen molar-refractivity contribution in [3.63, 3.8) is 0 Å². The zero-order valence-corrected chi connectivity index (χ0v) is 12.1. The van der Waals surface area contributed by atoms with Crippen LogP contribution in [0.3, 0.4) is 0 Å². The number of nitrogens with one attached hydrogen (secondary N) is 1. The molecule has 2 N–H and O–H groups in total. The average Bonchev–Trinajstić information content (AvgIpc) is 2.97. The van der Waals surface area contributed by atoms with Crippen LogP contribution in [0.5, 0.6) is 0 Å². The van der Waals surface area contributed by atoms with Gasteiger partial charge in [-0.3, -0.25) is 4.68 Å². The van der Waals surface area contributed by atoms with Crippen molar-refractivity contribution in [2.45, 2.75) is 31.8 Å². The van der Waals surface area contributed by atoms with E-state index in [2.05, 4.69) is 10.4 Å². The van der Waals surface area contributed by atoms with Gasteiger partial charge in [0.15, 0.2) is 0 Å². The number of benzene rings is 1. The predicted octanol–water partition coefficient (Wildman–Crippen LogP) is 2.61. The molecule has 0 spiro atoms. The lowest BCUT2D eigenvalue weighted by Crippen LogP contribution is -2.33. The standard InChI is InChI=1S/C15H18F3N3O/c1-11(10-21-8-2-7-20-21)19-9-14(22)12-3-5-13(6-4-12)15(16,17)18/h2-8,11,14,19,22H,9-10H2,1H3. The number of hydrogen-bond acceptors (Lipinski definition) is 3. The number of aliphatic hydroxyl groups excluding tert-OH is 1. The fourth-order valence-electron chi connectivity index (χ4n) is 2.08. The van der Waals surface area contributed by atoms with Crippen LogP contribution in [0.2, 0.25) is 0 Å². The minimum Gasteiger partial charge on any atom is -0.387 e. The second kappa shape index (κ2) is 6.93. The number of nitrogens with zero attached hydrogens (tertiary/aromatic N) is 2. The van der Waals surface area contributed by atoms with Gasteiger partial charge in [0.05, 0.1) is 18.2 Å². The molecule has 22 heavy (non-hydrogen) atoms. The molecule has 120 valence electrons. The summed E-state index contributed by atoms with van der Waals surface area (Å²) < 4.78 is 39.2. The highest BCUT2D eigenvalue weighted by atomic mass is 19.4. The highest BCUT2D eigenvalue weighted by molar-refractivity contribution is 5.26. The minimum atomic E-state index is -4.36. The molecule has 0 saturated heterocycles. The normalized spacial score (nSPS) is 14.8. The second-order valence-electron chi connectivity index (χ2n) is 5.17. The van der Waals surface area contributed by atoms with Crippen LogP contribution in [0.25, 0.3) is 0 Å². The first-order chi connectivity index (χ1) is 10.4. The summed E-state index contributed by atoms with van der Waals surface area (Å²) in [7, 11) is 0. The van der Waals surface area contributed by atoms with Gasteiger partial charge in [-0.25, -0.2) is 0 Å². The molecule has 2 aromatic rings. The van der Waals surface area contributed by atoms with Crippen molar-refractivity contribution >= 4 is 0 Å². The van der Waals surface area contributed by atoms with Crippen molar-refractivity contribution in [1.82, 2.24) is 15.1 Å². The highest BCUT2D eigenvalue weighted by Crippen LogP contribution is 2.29. The van der Waals surface area contributed by atoms with Crippen LogP contribution in [0.1, 0.15) is 24.2 Å². The van der Waals surface area contributed by atoms with Crippen molar-refractivity contribution < 1.29 is 18.3 Å². The zero-order valence-electron chi connectivity index (χ0n) is 12.1. The van der Waals surface area contributed by atoms with Crippen LogP contribution in [0.4, 0.5) is 13.2 Å². The maximum atomic E-state index is 12.5. The molecule has 0 fully saturated rings. The smallest absolute Gasteiger partial charge is 0.387 e. The van der Waals surface area contributed by atoms with Crippen LogP contribution < -0.4 is 5.32 Å². The first kappa shape index (κ1) is 16.5. The third-order valence-electron chi connectivity index (χ3n) is 3.30. The lowest BCUT2D eigenvalue weighted by Gasteiger charge is -2.18. The summed E-state index contributed by atoms with van der Waals surface area (Å²) in [6.07, 6.45) is -1.70. The molecule has 1 aromatic heterocycles. The van der Waals surface area contributed by atoms with Crippen molar-refractivity contribution in [3.8, 4) is 0 Å². The number of alkyl halides is 3. The van der Waals surface area contributed by atoms with Gasteiger partial charge in [-0.2, -0.15) is 18.3 Å². The zero-order chi connectivity index (χ0) is 16.2. The van der Waals surface area contributed by atoms with E-state index >= 15 is 0 Å². The third-order valence-corrected chi connectivity index (χ3v) is 3.30. The largest absolute Gasteiger partial charge is 0.416 e. The number of hydrogen-bond donors (Lipinski definition) is 2. The van der Waals surface area contributed by atoms with Crippen molar-refractivity contribution in [1.29, 1.82) is 0 Å². The Hall–Kier alpha value is -1.86. The third kappa shape index (κ3) is 4.57. The van der Waals surface area contributed by atoms with E-state index in [1.54, 1.807) is 10.9 Å². The maximum Gasteiger partial charge on any atom is 0.416 e. The number of aliphatic hydroxyl groups is 1. The fraction of sp³-hybridized carbons (Fsp3) is 0.400. The Morgan fingerprint density at radius 2 is 1.95 bits per heavy atom. The number of aromatic nitrogens is 2. The lowest BCUT2D eigenvalue weighted by atomic mass is 10.1. The fourth-order valence-corrected chi connectivity index (χ4v) is 2.08. The van der Waals surface area contributed by atoms with Gasteiger partial charge in [-0.15, -0.1) is 0 Å². The summed E-state index contributed by atoms with van der Waals surface area (Å²) in [6, 6.07) is 6.45. The number of halogens is 3. The monoisotopic (exact) mass is 313 g/mol. The predicted molar refractivity (Wildman–Crippen MR) is 76.1 cm³/mol. The van der Waals surface area contributed by atoms with E-state index in [0.29, 0.717) is 12.1 Å². The molecule has 2 rings (SSSR count). The Morgan fingerprint density at radius 1 is 1.27 bits per heavy atom. The van der Waals surface area contributed by atoms with Gasteiger partial charge in [-0.1, -0.05) is 12.1 Å². The first-order valence-electron chi connectivity index (χ1n) is 6.92. The van der Waals surface area contributed by atoms with Crippen LogP contribution >= 0.6 is 0 Å². The summed E-state index contributed by atoms with van der Waals surface area (Å²) in [5.74, 6) is 0. The second-order valence-corrected chi connectivity index (χ2v) is 5.17. The van der Waals surface area contributed by atoms with Gasteiger partial charge in [0.25, 0.3) is 0 Å². The summed E-state index contributed by atoms with van der Waals surface area (Å²) in [5, 5.41) is 17.2. The van der Waals surface area contributed by atoms with E-state index in [0.717, 1.165) is 12.1 Å². The van der Waals surface area contributed by atoms with Crippen LogP contribution in [-0.2, 0) is 12.7 Å². The molecule has 0 radical (unpaired) electrons. The summed E-state index contributed by atoms with van der Waals surface area (Å²) in [4.78, 5) is 0. The van der Waals surface area contributed by atoms with Gasteiger partial charge < -0.3 is 10.4 Å². The Kier molecular flexibility index (Phi) is 5.20. The quantitative estimate of drug-likeness (QED) is 0.862. The Balaban J connectivity index is 1.85. The van der Waals surface area contributed by atoms with E-state index in [4.69, 9.17) is 0 Å². The molecule has 0 aliphatic carbocycles. The lowest BCUT2D eigenvalue weighted by molar-refractivity contribution is -0.137. The molecule has 2 unspecified atom stereocenters. The summed E-state index contributed by atoms with van der Waals surface area (Å²) >= 11 is 0. The molecule has 2 atom stereocenters. The van der Waals surface area contributed by atoms with Crippen molar-refractivity contribution in [3.05, 3.63) is 53.9 Å². The molecule has 7 heteroatoms. The van der Waals surface area contributed by atoms with E-state index in [9.17, 15) is 18.3 Å². The van der Waals surface area contributed by atoms with E-state index < -0.39 is 17.8 Å². The Morgan fingerprint density at radius 3 is 2.50 bits per heavy atom. The first-order valence-corrected chi connectivity index (χ1v) is 6.92. The molecule has 0 saturated carbocycles. The molecule has 0 aliphatic rings. The SMILES string of the molecule is CC(Cn1cccn1)NCC(O)c1ccc(C(F)(F)F)cc1. The van der Waals surface area contributed by atoms with Crippen LogP contribution in [0.15, 0.2) is 42.7 Å². The summed E-state index contributed by atoms with van der Waals surface area (Å²) in [5.41, 5.74) is -0.268. The maximum absolute atomic E-state index is 12.5. The molecule has 4 nitrogen and oxygen atoms in total. The van der Waals surface area contributed by atoms with Gasteiger partial charge in [0, 0.05) is 25.0 Å². The summed E-state index contributed by atoms with van der Waals surface area (Å²) in [6.45, 7) is 2.85. The van der Waals surface area contributed by atoms with Gasteiger partial charge in [0.2, 0.25) is 0 Å². The van der Waals surface area contributed by atoms with Crippen molar-refractivity contribution in [2.24, 2.45) is 0 Å². The van der Waals surface area contributed by atoms with Crippen molar-refractivity contribution in [2.75, 3.05) is 6.54 Å². The number of rotatable bonds is 6. The van der Waals surface area contributed by atoms with Crippen LogP contribution in [0, 0.1) is 0 Å². The molecule has 1 aromatic carbocycles. The molecule has 1 heterocycles. The highest BCUT2D eigenvalue weighted by Gasteiger charge is 2.30. The van der Waals surface area contributed by atoms with E-state index in [1.807, 2.05) is 19.2 Å². The van der Waals surface area contributed by atoms with Gasteiger partial charge in [-0.05, 0) is 30.7 Å². The average molecular weight is 313 g/mol. The molecule has 0 bridgehead atoms. The van der Waals surface area contributed by atoms with E-state index in [-0.39, 0.29) is 12.6 Å². The molecular weight excluding hydrogens is 295 g/mol.